The fourth-order valence-corrected chi connectivity index (χ4v) is 4.81. The van der Waals surface area contributed by atoms with E-state index in [1.165, 1.54) is 30.3 Å². The molecule has 4 rings (SSSR count). The van der Waals surface area contributed by atoms with Gasteiger partial charge in [0.2, 0.25) is 0 Å². The van der Waals surface area contributed by atoms with Gasteiger partial charge >= 0.3 is 0 Å². The number of rotatable bonds is 5. The molecular formula is C24H20ClFN2O4S. The van der Waals surface area contributed by atoms with Crippen molar-refractivity contribution in [2.45, 2.75) is 11.3 Å². The predicted octanol–water partition coefficient (Wildman–Crippen LogP) is 4.92. The first-order valence-electron chi connectivity index (χ1n) is 10.1. The molecule has 1 amide bonds. The third-order valence-corrected chi connectivity index (χ3v) is 7.02. The minimum absolute atomic E-state index is 0.0835. The second kappa shape index (κ2) is 9.25. The SMILES string of the molecule is O=C(c1cc(S(=O)(=O)Nc2ccc(F)cc2)ccc1Cl)N1CC=C(c2ccc(O)cc2)CC1. The Labute approximate surface area is 196 Å². The number of amides is 1. The van der Waals surface area contributed by atoms with Crippen molar-refractivity contribution in [2.75, 3.05) is 17.8 Å². The number of hydrogen-bond acceptors (Lipinski definition) is 4. The van der Waals surface area contributed by atoms with E-state index >= 15 is 0 Å². The van der Waals surface area contributed by atoms with Crippen molar-refractivity contribution in [1.82, 2.24) is 4.90 Å². The number of sulfonamides is 1. The van der Waals surface area contributed by atoms with E-state index in [1.807, 2.05) is 18.2 Å². The van der Waals surface area contributed by atoms with E-state index < -0.39 is 15.8 Å². The van der Waals surface area contributed by atoms with Gasteiger partial charge < -0.3 is 10.0 Å². The Hall–Kier alpha value is -3.36. The van der Waals surface area contributed by atoms with Crippen LogP contribution in [0.2, 0.25) is 5.02 Å². The number of nitrogens with one attached hydrogen (secondary N) is 1. The number of halogens is 2. The van der Waals surface area contributed by atoms with Crippen LogP contribution in [0.15, 0.2) is 77.7 Å². The average Bonchev–Trinajstić information content (AvgIpc) is 2.81. The third-order valence-electron chi connectivity index (χ3n) is 5.31. The first-order chi connectivity index (χ1) is 15.7. The van der Waals surface area contributed by atoms with Gasteiger partial charge in [0.1, 0.15) is 11.6 Å². The molecule has 170 valence electrons. The molecule has 3 aromatic rings. The van der Waals surface area contributed by atoms with Crippen LogP contribution in [0.3, 0.4) is 0 Å². The lowest BCUT2D eigenvalue weighted by Crippen LogP contribution is -2.35. The number of phenolic OH excluding ortho intramolecular Hbond substituents is 1. The number of aromatic hydroxyl groups is 1. The third kappa shape index (κ3) is 5.18. The standard InChI is InChI=1S/C24H20ClFN2O4S/c25-23-10-9-21(33(31,32)27-19-5-3-18(26)4-6-19)15-22(23)24(30)28-13-11-17(12-14-28)16-1-7-20(29)8-2-16/h1-11,15,27,29H,12-14H2. The Morgan fingerprint density at radius 2 is 1.73 bits per heavy atom. The van der Waals surface area contributed by atoms with E-state index in [2.05, 4.69) is 4.72 Å². The fraction of sp³-hybridized carbons (Fsp3) is 0.125. The lowest BCUT2D eigenvalue weighted by atomic mass is 9.99. The molecule has 0 saturated heterocycles. The molecule has 33 heavy (non-hydrogen) atoms. The highest BCUT2D eigenvalue weighted by Crippen LogP contribution is 2.27. The number of carbonyl (C=O) groups excluding carboxylic acids is 1. The summed E-state index contributed by atoms with van der Waals surface area (Å²) in [4.78, 5) is 14.6. The van der Waals surface area contributed by atoms with E-state index in [0.717, 1.165) is 23.3 Å². The van der Waals surface area contributed by atoms with Crippen LogP contribution < -0.4 is 4.72 Å². The first kappa shape index (κ1) is 22.8. The molecule has 0 aromatic heterocycles. The molecule has 2 N–H and O–H groups in total. The predicted molar refractivity (Wildman–Crippen MR) is 125 cm³/mol. The normalized spacial score (nSPS) is 14.0. The van der Waals surface area contributed by atoms with Gasteiger partial charge in [-0.05, 0) is 72.2 Å². The van der Waals surface area contributed by atoms with Crippen LogP contribution >= 0.6 is 11.6 Å². The highest BCUT2D eigenvalue weighted by atomic mass is 35.5. The van der Waals surface area contributed by atoms with Gasteiger partial charge in [0.05, 0.1) is 15.5 Å². The van der Waals surface area contributed by atoms with Crippen molar-refractivity contribution in [3.8, 4) is 5.75 Å². The van der Waals surface area contributed by atoms with Crippen LogP contribution in [-0.4, -0.2) is 37.4 Å². The highest BCUT2D eigenvalue weighted by Gasteiger charge is 2.24. The largest absolute Gasteiger partial charge is 0.508 e. The molecule has 3 aromatic carbocycles. The van der Waals surface area contributed by atoms with E-state index in [0.29, 0.717) is 19.5 Å². The van der Waals surface area contributed by atoms with Crippen molar-refractivity contribution >= 4 is 38.8 Å². The zero-order valence-corrected chi connectivity index (χ0v) is 18.9. The van der Waals surface area contributed by atoms with Gasteiger partial charge in [-0.2, -0.15) is 0 Å². The van der Waals surface area contributed by atoms with Crippen molar-refractivity contribution in [3.63, 3.8) is 0 Å². The van der Waals surface area contributed by atoms with Crippen molar-refractivity contribution in [2.24, 2.45) is 0 Å². The molecule has 1 aliphatic heterocycles. The maximum atomic E-state index is 13.1. The lowest BCUT2D eigenvalue weighted by Gasteiger charge is -2.27. The quantitative estimate of drug-likeness (QED) is 0.536. The van der Waals surface area contributed by atoms with Crippen LogP contribution in [0.1, 0.15) is 22.3 Å². The van der Waals surface area contributed by atoms with Crippen molar-refractivity contribution in [3.05, 3.63) is 94.8 Å². The Balaban J connectivity index is 1.53. The van der Waals surface area contributed by atoms with E-state index in [-0.39, 0.29) is 32.8 Å². The minimum Gasteiger partial charge on any atom is -0.508 e. The molecule has 0 bridgehead atoms. The molecule has 1 aliphatic rings. The van der Waals surface area contributed by atoms with Gasteiger partial charge in [-0.1, -0.05) is 29.8 Å². The zero-order chi connectivity index (χ0) is 23.6. The highest BCUT2D eigenvalue weighted by molar-refractivity contribution is 7.92. The van der Waals surface area contributed by atoms with Crippen molar-refractivity contribution < 1.29 is 22.7 Å². The molecule has 1 heterocycles. The Kier molecular flexibility index (Phi) is 6.40. The summed E-state index contributed by atoms with van der Waals surface area (Å²) in [5.41, 5.74) is 2.31. The van der Waals surface area contributed by atoms with Crippen LogP contribution in [0.4, 0.5) is 10.1 Å². The molecule has 0 radical (unpaired) electrons. The first-order valence-corrected chi connectivity index (χ1v) is 11.9. The number of phenols is 1. The van der Waals surface area contributed by atoms with Crippen LogP contribution in [0, 0.1) is 5.82 Å². The van der Waals surface area contributed by atoms with Gasteiger partial charge in [-0.25, -0.2) is 12.8 Å². The summed E-state index contributed by atoms with van der Waals surface area (Å²) in [6.07, 6.45) is 2.54. The second-order valence-corrected chi connectivity index (χ2v) is 9.62. The van der Waals surface area contributed by atoms with Crippen LogP contribution in [-0.2, 0) is 10.0 Å². The van der Waals surface area contributed by atoms with Gasteiger partial charge in [0.15, 0.2) is 0 Å². The van der Waals surface area contributed by atoms with E-state index in [4.69, 9.17) is 11.6 Å². The Morgan fingerprint density at radius 1 is 1.03 bits per heavy atom. The summed E-state index contributed by atoms with van der Waals surface area (Å²) < 4.78 is 41.0. The van der Waals surface area contributed by atoms with Gasteiger partial charge in [0, 0.05) is 18.8 Å². The van der Waals surface area contributed by atoms with Gasteiger partial charge in [-0.15, -0.1) is 0 Å². The molecule has 0 saturated carbocycles. The average molecular weight is 487 g/mol. The van der Waals surface area contributed by atoms with Crippen molar-refractivity contribution in [1.29, 1.82) is 0 Å². The molecule has 0 unspecified atom stereocenters. The molecule has 0 fully saturated rings. The van der Waals surface area contributed by atoms with E-state index in [9.17, 15) is 22.7 Å². The lowest BCUT2D eigenvalue weighted by molar-refractivity contribution is 0.0773. The zero-order valence-electron chi connectivity index (χ0n) is 17.3. The van der Waals surface area contributed by atoms with Gasteiger partial charge in [0.25, 0.3) is 15.9 Å². The number of carbonyl (C=O) groups is 1. The van der Waals surface area contributed by atoms with E-state index in [1.54, 1.807) is 17.0 Å². The summed E-state index contributed by atoms with van der Waals surface area (Å²) in [6, 6.07) is 15.7. The maximum absolute atomic E-state index is 13.1. The summed E-state index contributed by atoms with van der Waals surface area (Å²) in [6.45, 7) is 0.781. The van der Waals surface area contributed by atoms with Gasteiger partial charge in [-0.3, -0.25) is 9.52 Å². The topological polar surface area (TPSA) is 86.7 Å². The Bertz CT molecular complexity index is 1320. The molecular weight excluding hydrogens is 467 g/mol. The molecule has 9 heteroatoms. The number of nitrogens with zero attached hydrogens (tertiary/aromatic N) is 1. The fourth-order valence-electron chi connectivity index (χ4n) is 3.53. The summed E-state index contributed by atoms with van der Waals surface area (Å²) in [7, 11) is -4.01. The number of anilines is 1. The smallest absolute Gasteiger partial charge is 0.261 e. The number of hydrogen-bond donors (Lipinski definition) is 2. The summed E-state index contributed by atoms with van der Waals surface area (Å²) >= 11 is 6.23. The molecule has 0 spiro atoms. The Morgan fingerprint density at radius 3 is 2.36 bits per heavy atom. The minimum atomic E-state index is -4.01. The monoisotopic (exact) mass is 486 g/mol. The molecule has 0 atom stereocenters. The second-order valence-electron chi connectivity index (χ2n) is 7.53. The summed E-state index contributed by atoms with van der Waals surface area (Å²) in [5.74, 6) is -0.674. The maximum Gasteiger partial charge on any atom is 0.261 e. The molecule has 0 aliphatic carbocycles. The van der Waals surface area contributed by atoms with Crippen LogP contribution in [0.5, 0.6) is 5.75 Å². The van der Waals surface area contributed by atoms with Crippen LogP contribution in [0.25, 0.3) is 5.57 Å². The molecule has 6 nitrogen and oxygen atoms in total. The summed E-state index contributed by atoms with van der Waals surface area (Å²) in [5, 5.41) is 9.60. The number of benzene rings is 3.